The van der Waals surface area contributed by atoms with E-state index < -0.39 is 0 Å². The van der Waals surface area contributed by atoms with E-state index >= 15 is 0 Å². The normalized spacial score (nSPS) is 22.2. The molecule has 2 aliphatic heterocycles. The van der Waals surface area contributed by atoms with Crippen LogP contribution in [-0.4, -0.2) is 68.6 Å². The molecule has 0 fully saturated rings. The van der Waals surface area contributed by atoms with Crippen LogP contribution < -0.4 is 5.32 Å². The molecule has 184 valence electrons. The molecule has 1 N–H and O–H groups in total. The topological polar surface area (TPSA) is 80.6 Å². The molecule has 0 amide bonds. The number of pyridine rings is 1. The smallest absolute Gasteiger partial charge is 0.227 e. The molecule has 1 aromatic rings. The summed E-state index contributed by atoms with van der Waals surface area (Å²) in [5.41, 5.74) is 3.76. The third kappa shape index (κ3) is 7.58. The maximum absolute atomic E-state index is 6.07. The summed E-state index contributed by atoms with van der Waals surface area (Å²) >= 11 is 0. The maximum Gasteiger partial charge on any atom is 0.227 e. The molecule has 1 atom stereocenters. The fourth-order valence-corrected chi connectivity index (χ4v) is 3.86. The molecule has 35 heavy (non-hydrogen) atoms. The molecule has 0 spiro atoms. The second-order valence-electron chi connectivity index (χ2n) is 8.51. The Morgan fingerprint density at radius 3 is 3.03 bits per heavy atom. The fourth-order valence-electron chi connectivity index (χ4n) is 3.86. The number of guanidine groups is 1. The van der Waals surface area contributed by atoms with Gasteiger partial charge in [-0.1, -0.05) is 24.3 Å². The van der Waals surface area contributed by atoms with E-state index in [1.165, 1.54) is 0 Å². The SMILES string of the molecule is COCCOC1=CC=C2C=CC1CN(C)C/C=C/COCc1cncc(c1)C1=NC(=NC=CC1)N2. The van der Waals surface area contributed by atoms with Gasteiger partial charge in [0.25, 0.3) is 0 Å². The Bertz CT molecular complexity index is 1080. The van der Waals surface area contributed by atoms with E-state index in [0.29, 0.717) is 38.8 Å². The number of nitrogens with one attached hydrogen (secondary N) is 1. The number of aromatic nitrogens is 1. The van der Waals surface area contributed by atoms with Gasteiger partial charge in [0.15, 0.2) is 0 Å². The molecule has 6 bridgehead atoms. The highest BCUT2D eigenvalue weighted by molar-refractivity contribution is 6.08. The summed E-state index contributed by atoms with van der Waals surface area (Å²) in [5, 5.41) is 3.37. The van der Waals surface area contributed by atoms with Gasteiger partial charge in [-0.25, -0.2) is 9.98 Å². The molecule has 1 aromatic heterocycles. The zero-order valence-electron chi connectivity index (χ0n) is 20.4. The predicted molar refractivity (Wildman–Crippen MR) is 138 cm³/mol. The van der Waals surface area contributed by atoms with Crippen molar-refractivity contribution in [2.75, 3.05) is 47.1 Å². The van der Waals surface area contributed by atoms with Crippen LogP contribution in [0.25, 0.3) is 0 Å². The quantitative estimate of drug-likeness (QED) is 0.531. The average molecular weight is 476 g/mol. The molecule has 0 saturated heterocycles. The molecule has 3 aliphatic rings. The third-order valence-corrected chi connectivity index (χ3v) is 5.67. The Labute approximate surface area is 207 Å². The van der Waals surface area contributed by atoms with Gasteiger partial charge in [-0.2, -0.15) is 0 Å². The molecule has 4 rings (SSSR count). The van der Waals surface area contributed by atoms with Gasteiger partial charge in [0, 0.05) is 62.4 Å². The first kappa shape index (κ1) is 24.8. The summed E-state index contributed by atoms with van der Waals surface area (Å²) in [6.45, 7) is 3.71. The van der Waals surface area contributed by atoms with Crippen molar-refractivity contribution in [2.24, 2.45) is 15.9 Å². The molecule has 0 saturated carbocycles. The number of hydrogen-bond acceptors (Lipinski definition) is 8. The third-order valence-electron chi connectivity index (χ3n) is 5.67. The average Bonchev–Trinajstić information content (AvgIpc) is 3.21. The Balaban J connectivity index is 1.64. The summed E-state index contributed by atoms with van der Waals surface area (Å²) in [6.07, 6.45) is 20.6. The van der Waals surface area contributed by atoms with Crippen LogP contribution in [0.3, 0.4) is 0 Å². The predicted octanol–water partition coefficient (Wildman–Crippen LogP) is 3.37. The molecular formula is C27H33N5O3. The van der Waals surface area contributed by atoms with E-state index in [1.807, 2.05) is 30.6 Å². The highest BCUT2D eigenvalue weighted by atomic mass is 16.5. The van der Waals surface area contributed by atoms with Crippen molar-refractivity contribution < 1.29 is 14.2 Å². The highest BCUT2D eigenvalue weighted by Crippen LogP contribution is 2.21. The molecule has 3 heterocycles. The number of fused-ring (bicyclic) bond motifs is 6. The van der Waals surface area contributed by atoms with Crippen LogP contribution in [-0.2, 0) is 20.8 Å². The second-order valence-corrected chi connectivity index (χ2v) is 8.51. The molecular weight excluding hydrogens is 442 g/mol. The lowest BCUT2D eigenvalue weighted by Crippen LogP contribution is -2.27. The number of allylic oxidation sites excluding steroid dienone is 4. The lowest BCUT2D eigenvalue weighted by Gasteiger charge is -2.23. The Hall–Kier alpha value is -3.33. The number of aliphatic imine (C=N–C) groups is 2. The molecule has 1 unspecified atom stereocenters. The minimum absolute atomic E-state index is 0.0988. The minimum atomic E-state index is 0.0988. The van der Waals surface area contributed by atoms with E-state index in [4.69, 9.17) is 19.2 Å². The molecule has 8 heteroatoms. The van der Waals surface area contributed by atoms with Crippen molar-refractivity contribution in [3.8, 4) is 0 Å². The molecule has 1 aliphatic carbocycles. The number of nitrogens with zero attached hydrogens (tertiary/aromatic N) is 4. The summed E-state index contributed by atoms with van der Waals surface area (Å²) in [6, 6.07) is 2.08. The van der Waals surface area contributed by atoms with Crippen LogP contribution in [0.5, 0.6) is 0 Å². The first-order valence-electron chi connectivity index (χ1n) is 11.9. The molecule has 8 nitrogen and oxygen atoms in total. The van der Waals surface area contributed by atoms with Gasteiger partial charge in [0.1, 0.15) is 12.4 Å². The Morgan fingerprint density at radius 2 is 2.11 bits per heavy atom. The van der Waals surface area contributed by atoms with Crippen LogP contribution in [0.4, 0.5) is 0 Å². The van der Waals surface area contributed by atoms with Gasteiger partial charge in [-0.3, -0.25) is 4.98 Å². The number of methoxy groups -OCH3 is 1. The summed E-state index contributed by atoms with van der Waals surface area (Å²) in [5.74, 6) is 1.53. The summed E-state index contributed by atoms with van der Waals surface area (Å²) in [4.78, 5) is 16.0. The van der Waals surface area contributed by atoms with Gasteiger partial charge in [0.2, 0.25) is 5.96 Å². The van der Waals surface area contributed by atoms with Crippen molar-refractivity contribution in [3.63, 3.8) is 0 Å². The number of hydrogen-bond donors (Lipinski definition) is 1. The second kappa shape index (κ2) is 12.9. The standard InChI is InChI=1S/C27H33N5O3/c1-32-12-3-4-13-34-20-21-16-23(18-28-17-21)25-6-5-11-29-27(31-25)30-24-8-7-22(19-32)26(10-9-24)35-15-14-33-2/h3-5,7-11,16-18,22H,6,12-15,19-20H2,1-2H3,(H,29,30)/b4-3+. The van der Waals surface area contributed by atoms with Crippen LogP contribution in [0, 0.1) is 5.92 Å². The Kier molecular flexibility index (Phi) is 9.17. The summed E-state index contributed by atoms with van der Waals surface area (Å²) in [7, 11) is 3.78. The van der Waals surface area contributed by atoms with E-state index in [9.17, 15) is 0 Å². The molecule has 0 aromatic carbocycles. The van der Waals surface area contributed by atoms with Crippen molar-refractivity contribution in [1.29, 1.82) is 0 Å². The lowest BCUT2D eigenvalue weighted by molar-refractivity contribution is 0.0970. The highest BCUT2D eigenvalue weighted by Gasteiger charge is 2.18. The van der Waals surface area contributed by atoms with Gasteiger partial charge in [-0.15, -0.1) is 0 Å². The minimum Gasteiger partial charge on any atom is -0.495 e. The van der Waals surface area contributed by atoms with Crippen LogP contribution >= 0.6 is 0 Å². The number of ether oxygens (including phenoxy) is 3. The maximum atomic E-state index is 6.07. The monoisotopic (exact) mass is 475 g/mol. The van der Waals surface area contributed by atoms with Crippen molar-refractivity contribution in [2.45, 2.75) is 13.0 Å². The first-order chi connectivity index (χ1) is 17.2. The largest absolute Gasteiger partial charge is 0.495 e. The van der Waals surface area contributed by atoms with Crippen molar-refractivity contribution in [3.05, 3.63) is 89.8 Å². The van der Waals surface area contributed by atoms with E-state index in [0.717, 1.165) is 41.4 Å². The Morgan fingerprint density at radius 1 is 1.17 bits per heavy atom. The number of rotatable bonds is 4. The van der Waals surface area contributed by atoms with Gasteiger partial charge < -0.3 is 24.4 Å². The van der Waals surface area contributed by atoms with Gasteiger partial charge in [0.05, 0.1) is 25.5 Å². The first-order valence-corrected chi connectivity index (χ1v) is 11.9. The van der Waals surface area contributed by atoms with Gasteiger partial charge >= 0.3 is 0 Å². The fraction of sp³-hybridized carbons (Fsp3) is 0.370. The lowest BCUT2D eigenvalue weighted by atomic mass is 10.1. The van der Waals surface area contributed by atoms with Gasteiger partial charge in [-0.05, 0) is 36.9 Å². The van der Waals surface area contributed by atoms with Crippen LogP contribution in [0.2, 0.25) is 0 Å². The number of likely N-dealkylation sites (N-methyl/N-ethyl adjacent to an activating group) is 1. The van der Waals surface area contributed by atoms with E-state index in [1.54, 1.807) is 13.3 Å². The molecule has 0 radical (unpaired) electrons. The van der Waals surface area contributed by atoms with Crippen LogP contribution in [0.1, 0.15) is 17.5 Å². The zero-order chi connectivity index (χ0) is 24.3. The summed E-state index contributed by atoms with van der Waals surface area (Å²) < 4.78 is 17.1. The van der Waals surface area contributed by atoms with E-state index in [-0.39, 0.29) is 5.92 Å². The van der Waals surface area contributed by atoms with Crippen molar-refractivity contribution >= 4 is 11.7 Å². The zero-order valence-corrected chi connectivity index (χ0v) is 20.4. The van der Waals surface area contributed by atoms with Crippen LogP contribution in [0.15, 0.2) is 88.6 Å². The van der Waals surface area contributed by atoms with E-state index in [2.05, 4.69) is 57.6 Å². The van der Waals surface area contributed by atoms with Crippen molar-refractivity contribution in [1.82, 2.24) is 15.2 Å².